The molecule has 0 bridgehead atoms. The van der Waals surface area contributed by atoms with E-state index in [9.17, 15) is 0 Å². The highest BCUT2D eigenvalue weighted by molar-refractivity contribution is 5.97. The molecular weight excluding hydrogens is 158 g/mol. The molecule has 0 saturated heterocycles. The molecule has 0 radical (unpaired) electrons. The van der Waals surface area contributed by atoms with Crippen LogP contribution < -0.4 is 0 Å². The highest BCUT2D eigenvalue weighted by Crippen LogP contribution is 2.24. The summed E-state index contributed by atoms with van der Waals surface area (Å²) in [6.45, 7) is 11.1. The van der Waals surface area contributed by atoms with Gasteiger partial charge < -0.3 is 0 Å². The van der Waals surface area contributed by atoms with Gasteiger partial charge in [-0.2, -0.15) is 0 Å². The minimum absolute atomic E-state index is 0.461. The molecule has 0 aromatic heterocycles. The monoisotopic (exact) mass is 179 g/mol. The Labute approximate surface area is 82.0 Å². The lowest BCUT2D eigenvalue weighted by Gasteiger charge is -2.26. The Morgan fingerprint density at radius 1 is 1.23 bits per heavy atom. The third-order valence-corrected chi connectivity index (χ3v) is 2.76. The maximum Gasteiger partial charge on any atom is 0.0539 e. The molecule has 1 aliphatic heterocycles. The summed E-state index contributed by atoms with van der Waals surface area (Å²) in [5, 5.41) is 0. The number of aliphatic imine (C=N–C) groups is 1. The van der Waals surface area contributed by atoms with Gasteiger partial charge in [0.25, 0.3) is 0 Å². The van der Waals surface area contributed by atoms with Crippen LogP contribution >= 0.6 is 0 Å². The maximum absolute atomic E-state index is 4.71. The summed E-state index contributed by atoms with van der Waals surface area (Å²) >= 11 is 0. The standard InChI is InChI=1S/C12H21N/c1-8(2)11-6-7-12(9(3)4)13-10(11)5/h6-11H,1-5H3. The number of hydrogen-bond acceptors (Lipinski definition) is 1. The molecule has 0 fully saturated rings. The second-order valence-corrected chi connectivity index (χ2v) is 4.63. The van der Waals surface area contributed by atoms with Crippen molar-refractivity contribution in [3.05, 3.63) is 12.2 Å². The topological polar surface area (TPSA) is 12.4 Å². The van der Waals surface area contributed by atoms with Crippen molar-refractivity contribution >= 4 is 5.71 Å². The summed E-state index contributed by atoms with van der Waals surface area (Å²) < 4.78 is 0. The van der Waals surface area contributed by atoms with E-state index < -0.39 is 0 Å². The van der Waals surface area contributed by atoms with Crippen molar-refractivity contribution in [3.63, 3.8) is 0 Å². The van der Waals surface area contributed by atoms with E-state index in [0.717, 1.165) is 0 Å². The molecule has 0 amide bonds. The Kier molecular flexibility index (Phi) is 3.29. The molecule has 2 atom stereocenters. The van der Waals surface area contributed by atoms with Crippen molar-refractivity contribution < 1.29 is 0 Å². The average Bonchev–Trinajstić information content (AvgIpc) is 2.03. The molecule has 1 aliphatic rings. The van der Waals surface area contributed by atoms with Crippen LogP contribution in [0.3, 0.4) is 0 Å². The molecule has 0 aromatic rings. The van der Waals surface area contributed by atoms with Crippen LogP contribution in [-0.2, 0) is 0 Å². The van der Waals surface area contributed by atoms with Crippen molar-refractivity contribution in [2.45, 2.75) is 40.7 Å². The fourth-order valence-electron chi connectivity index (χ4n) is 1.86. The summed E-state index contributed by atoms with van der Waals surface area (Å²) in [7, 11) is 0. The van der Waals surface area contributed by atoms with Crippen LogP contribution in [0.5, 0.6) is 0 Å². The van der Waals surface area contributed by atoms with Gasteiger partial charge in [0.2, 0.25) is 0 Å². The second-order valence-electron chi connectivity index (χ2n) is 4.63. The Morgan fingerprint density at radius 3 is 2.23 bits per heavy atom. The van der Waals surface area contributed by atoms with Gasteiger partial charge >= 0.3 is 0 Å². The lowest BCUT2D eigenvalue weighted by molar-refractivity contribution is 0.401. The molecule has 1 rings (SSSR count). The summed E-state index contributed by atoms with van der Waals surface area (Å²) in [6, 6.07) is 0.461. The smallest absolute Gasteiger partial charge is 0.0539 e. The highest BCUT2D eigenvalue weighted by Gasteiger charge is 2.21. The Hall–Kier alpha value is -0.590. The van der Waals surface area contributed by atoms with Crippen LogP contribution in [0.4, 0.5) is 0 Å². The molecule has 1 nitrogen and oxygen atoms in total. The summed E-state index contributed by atoms with van der Waals surface area (Å²) in [6.07, 6.45) is 4.53. The number of allylic oxidation sites excluding steroid dienone is 1. The van der Waals surface area contributed by atoms with E-state index in [1.807, 2.05) is 0 Å². The highest BCUT2D eigenvalue weighted by atomic mass is 14.8. The van der Waals surface area contributed by atoms with Crippen LogP contribution in [0.2, 0.25) is 0 Å². The molecule has 74 valence electrons. The van der Waals surface area contributed by atoms with E-state index in [4.69, 9.17) is 4.99 Å². The molecule has 1 heterocycles. The minimum atomic E-state index is 0.461. The Bertz CT molecular complexity index is 223. The van der Waals surface area contributed by atoms with Crippen LogP contribution in [0.25, 0.3) is 0 Å². The van der Waals surface area contributed by atoms with E-state index in [0.29, 0.717) is 23.8 Å². The van der Waals surface area contributed by atoms with Crippen LogP contribution in [0, 0.1) is 17.8 Å². The first kappa shape index (κ1) is 10.5. The number of rotatable bonds is 2. The molecule has 0 spiro atoms. The van der Waals surface area contributed by atoms with E-state index >= 15 is 0 Å². The number of nitrogens with zero attached hydrogens (tertiary/aromatic N) is 1. The van der Waals surface area contributed by atoms with Gasteiger partial charge in [0.05, 0.1) is 6.04 Å². The van der Waals surface area contributed by atoms with Gasteiger partial charge in [0, 0.05) is 11.6 Å². The lowest BCUT2D eigenvalue weighted by atomic mass is 9.86. The molecular formula is C12H21N. The van der Waals surface area contributed by atoms with Gasteiger partial charge in [-0.1, -0.05) is 33.8 Å². The molecule has 0 aromatic carbocycles. The van der Waals surface area contributed by atoms with Crippen LogP contribution in [-0.4, -0.2) is 11.8 Å². The van der Waals surface area contributed by atoms with Crippen molar-refractivity contribution in [2.75, 3.05) is 0 Å². The van der Waals surface area contributed by atoms with Gasteiger partial charge in [-0.25, -0.2) is 0 Å². The molecule has 2 unspecified atom stereocenters. The van der Waals surface area contributed by atoms with Crippen molar-refractivity contribution in [3.8, 4) is 0 Å². The summed E-state index contributed by atoms with van der Waals surface area (Å²) in [5.41, 5.74) is 1.25. The predicted molar refractivity (Wildman–Crippen MR) is 59.2 cm³/mol. The molecule has 13 heavy (non-hydrogen) atoms. The third-order valence-electron chi connectivity index (χ3n) is 2.76. The lowest BCUT2D eigenvalue weighted by Crippen LogP contribution is -2.25. The fraction of sp³-hybridized carbons (Fsp3) is 0.750. The molecule has 0 saturated carbocycles. The average molecular weight is 179 g/mol. The predicted octanol–water partition coefficient (Wildman–Crippen LogP) is 3.31. The van der Waals surface area contributed by atoms with Crippen molar-refractivity contribution in [1.82, 2.24) is 0 Å². The van der Waals surface area contributed by atoms with Gasteiger partial charge in [-0.3, -0.25) is 4.99 Å². The van der Waals surface area contributed by atoms with E-state index in [2.05, 4.69) is 46.8 Å². The zero-order chi connectivity index (χ0) is 10.0. The van der Waals surface area contributed by atoms with Crippen molar-refractivity contribution in [1.29, 1.82) is 0 Å². The first-order valence-electron chi connectivity index (χ1n) is 5.28. The van der Waals surface area contributed by atoms with E-state index in [1.165, 1.54) is 5.71 Å². The largest absolute Gasteiger partial charge is 0.286 e. The summed E-state index contributed by atoms with van der Waals surface area (Å²) in [4.78, 5) is 4.71. The molecule has 1 heteroatoms. The van der Waals surface area contributed by atoms with Crippen LogP contribution in [0.15, 0.2) is 17.1 Å². The Balaban J connectivity index is 2.73. The molecule has 0 N–H and O–H groups in total. The van der Waals surface area contributed by atoms with E-state index in [-0.39, 0.29) is 0 Å². The van der Waals surface area contributed by atoms with Crippen LogP contribution in [0.1, 0.15) is 34.6 Å². The fourth-order valence-corrected chi connectivity index (χ4v) is 1.86. The quantitative estimate of drug-likeness (QED) is 0.616. The normalized spacial score (nSPS) is 28.4. The zero-order valence-corrected chi connectivity index (χ0v) is 9.41. The first-order chi connectivity index (χ1) is 6.02. The van der Waals surface area contributed by atoms with Gasteiger partial charge in [0.15, 0.2) is 0 Å². The third kappa shape index (κ3) is 2.43. The van der Waals surface area contributed by atoms with Gasteiger partial charge in [-0.15, -0.1) is 0 Å². The zero-order valence-electron chi connectivity index (χ0n) is 9.41. The molecule has 0 aliphatic carbocycles. The van der Waals surface area contributed by atoms with E-state index in [1.54, 1.807) is 0 Å². The first-order valence-corrected chi connectivity index (χ1v) is 5.28. The SMILES string of the molecule is CC(C)C1=NC(C)C(C(C)C)C=C1. The number of dihydropyridines is 1. The minimum Gasteiger partial charge on any atom is -0.286 e. The second kappa shape index (κ2) is 4.08. The van der Waals surface area contributed by atoms with Gasteiger partial charge in [-0.05, 0) is 24.8 Å². The van der Waals surface area contributed by atoms with Gasteiger partial charge in [0.1, 0.15) is 0 Å². The maximum atomic E-state index is 4.71. The summed E-state index contributed by atoms with van der Waals surface area (Å²) in [5.74, 6) is 1.89. The number of hydrogen-bond donors (Lipinski definition) is 0. The Morgan fingerprint density at radius 2 is 1.85 bits per heavy atom. The van der Waals surface area contributed by atoms with Crippen molar-refractivity contribution in [2.24, 2.45) is 22.7 Å².